The van der Waals surface area contributed by atoms with Crippen LogP contribution in [0.25, 0.3) is 22.4 Å². The SMILES string of the molecule is COc1ccc2oc(-c3csc(NC(=O)c4ccc(F)cc4)n3)cc2c1. The number of ether oxygens (including phenoxy) is 1. The molecule has 0 atom stereocenters. The van der Waals surface area contributed by atoms with Gasteiger partial charge in [-0.25, -0.2) is 9.37 Å². The molecule has 7 heteroatoms. The number of thiazole rings is 1. The number of nitrogens with zero attached hydrogens (tertiary/aromatic N) is 1. The van der Waals surface area contributed by atoms with E-state index >= 15 is 0 Å². The van der Waals surface area contributed by atoms with Gasteiger partial charge in [-0.15, -0.1) is 11.3 Å². The number of carbonyl (C=O) groups is 1. The summed E-state index contributed by atoms with van der Waals surface area (Å²) in [5.74, 6) is 0.613. The van der Waals surface area contributed by atoms with Crippen LogP contribution >= 0.6 is 11.3 Å². The third-order valence-electron chi connectivity index (χ3n) is 3.81. The van der Waals surface area contributed by atoms with E-state index in [9.17, 15) is 9.18 Å². The van der Waals surface area contributed by atoms with Crippen LogP contribution in [-0.2, 0) is 0 Å². The summed E-state index contributed by atoms with van der Waals surface area (Å²) in [5.41, 5.74) is 1.71. The Morgan fingerprint density at radius 1 is 1.19 bits per heavy atom. The zero-order valence-corrected chi connectivity index (χ0v) is 14.5. The van der Waals surface area contributed by atoms with Gasteiger partial charge in [0.1, 0.15) is 22.8 Å². The number of halogens is 1. The van der Waals surface area contributed by atoms with Gasteiger partial charge in [0.25, 0.3) is 5.91 Å². The van der Waals surface area contributed by atoms with E-state index in [0.717, 1.165) is 16.7 Å². The monoisotopic (exact) mass is 368 g/mol. The fourth-order valence-corrected chi connectivity index (χ4v) is 3.18. The fraction of sp³-hybridized carbons (Fsp3) is 0.0526. The van der Waals surface area contributed by atoms with Gasteiger partial charge in [0, 0.05) is 16.3 Å². The van der Waals surface area contributed by atoms with E-state index in [2.05, 4.69) is 10.3 Å². The van der Waals surface area contributed by atoms with Crippen LogP contribution in [0.5, 0.6) is 5.75 Å². The minimum absolute atomic E-state index is 0.347. The molecule has 0 radical (unpaired) electrons. The summed E-state index contributed by atoms with van der Waals surface area (Å²) in [6.45, 7) is 0. The van der Waals surface area contributed by atoms with Gasteiger partial charge in [0.05, 0.1) is 7.11 Å². The molecule has 0 bridgehead atoms. The number of aromatic nitrogens is 1. The third kappa shape index (κ3) is 3.16. The first kappa shape index (κ1) is 16.3. The van der Waals surface area contributed by atoms with Crippen molar-refractivity contribution in [2.45, 2.75) is 0 Å². The number of amides is 1. The molecule has 0 unspecified atom stereocenters. The Morgan fingerprint density at radius 2 is 2.00 bits per heavy atom. The minimum atomic E-state index is -0.389. The van der Waals surface area contributed by atoms with Crippen molar-refractivity contribution in [2.75, 3.05) is 12.4 Å². The number of nitrogens with one attached hydrogen (secondary N) is 1. The van der Waals surface area contributed by atoms with Gasteiger partial charge in [0.2, 0.25) is 0 Å². The quantitative estimate of drug-likeness (QED) is 0.553. The average Bonchev–Trinajstić information content (AvgIpc) is 3.28. The van der Waals surface area contributed by atoms with Crippen molar-refractivity contribution in [3.05, 3.63) is 65.3 Å². The van der Waals surface area contributed by atoms with Crippen molar-refractivity contribution in [1.82, 2.24) is 4.98 Å². The van der Waals surface area contributed by atoms with Crippen LogP contribution in [0.2, 0.25) is 0 Å². The Labute approximate surface area is 152 Å². The molecule has 0 saturated heterocycles. The van der Waals surface area contributed by atoms with Crippen molar-refractivity contribution in [3.63, 3.8) is 0 Å². The Morgan fingerprint density at radius 3 is 2.77 bits per heavy atom. The van der Waals surface area contributed by atoms with Gasteiger partial charge in [-0.2, -0.15) is 0 Å². The summed E-state index contributed by atoms with van der Waals surface area (Å²) in [4.78, 5) is 16.6. The average molecular weight is 368 g/mol. The molecule has 0 spiro atoms. The molecular weight excluding hydrogens is 355 g/mol. The number of anilines is 1. The van der Waals surface area contributed by atoms with Crippen molar-refractivity contribution in [1.29, 1.82) is 0 Å². The summed E-state index contributed by atoms with van der Waals surface area (Å²) < 4.78 is 24.0. The number of carbonyl (C=O) groups excluding carboxylic acids is 1. The first-order valence-corrected chi connectivity index (χ1v) is 8.61. The standard InChI is InChI=1S/C19H13FN2O3S/c1-24-14-6-7-16-12(8-14)9-17(25-16)15-10-26-19(21-15)22-18(23)11-2-4-13(20)5-3-11/h2-10H,1H3,(H,21,22,23). The molecule has 2 aromatic heterocycles. The molecule has 1 amide bonds. The fourth-order valence-electron chi connectivity index (χ4n) is 2.49. The zero-order chi connectivity index (χ0) is 18.1. The number of furan rings is 1. The third-order valence-corrected chi connectivity index (χ3v) is 4.56. The van der Waals surface area contributed by atoms with Gasteiger partial charge in [-0.3, -0.25) is 10.1 Å². The molecular formula is C19H13FN2O3S. The number of methoxy groups -OCH3 is 1. The molecule has 2 aromatic carbocycles. The van der Waals surface area contributed by atoms with Crippen molar-refractivity contribution >= 4 is 33.3 Å². The summed E-state index contributed by atoms with van der Waals surface area (Å²) in [5, 5.41) is 5.85. The molecule has 0 aliphatic carbocycles. The number of fused-ring (bicyclic) bond motifs is 1. The van der Waals surface area contributed by atoms with Gasteiger partial charge in [-0.1, -0.05) is 0 Å². The molecule has 2 heterocycles. The maximum Gasteiger partial charge on any atom is 0.257 e. The smallest absolute Gasteiger partial charge is 0.257 e. The molecule has 5 nitrogen and oxygen atoms in total. The first-order valence-electron chi connectivity index (χ1n) is 7.73. The van der Waals surface area contributed by atoms with Crippen molar-refractivity contribution in [3.8, 4) is 17.2 Å². The molecule has 0 aliphatic rings. The summed E-state index contributed by atoms with van der Waals surface area (Å²) in [7, 11) is 1.61. The lowest BCUT2D eigenvalue weighted by Crippen LogP contribution is -2.11. The van der Waals surface area contributed by atoms with E-state index in [-0.39, 0.29) is 11.7 Å². The maximum atomic E-state index is 12.9. The maximum absolute atomic E-state index is 12.9. The number of hydrogen-bond acceptors (Lipinski definition) is 5. The molecule has 4 rings (SSSR count). The van der Waals surface area contributed by atoms with Crippen LogP contribution < -0.4 is 10.1 Å². The van der Waals surface area contributed by atoms with E-state index in [4.69, 9.17) is 9.15 Å². The van der Waals surface area contributed by atoms with Gasteiger partial charge >= 0.3 is 0 Å². The van der Waals surface area contributed by atoms with E-state index in [1.165, 1.54) is 35.6 Å². The Bertz CT molecular complexity index is 1090. The largest absolute Gasteiger partial charge is 0.497 e. The van der Waals surface area contributed by atoms with E-state index in [1.54, 1.807) is 12.5 Å². The number of hydrogen-bond donors (Lipinski definition) is 1. The second-order valence-corrected chi connectivity index (χ2v) is 6.37. The van der Waals surface area contributed by atoms with Crippen LogP contribution in [0.15, 0.2) is 58.3 Å². The van der Waals surface area contributed by atoms with Crippen LogP contribution in [0, 0.1) is 5.82 Å². The molecule has 0 fully saturated rings. The van der Waals surface area contributed by atoms with E-state index < -0.39 is 0 Å². The highest BCUT2D eigenvalue weighted by Gasteiger charge is 2.13. The lowest BCUT2D eigenvalue weighted by atomic mass is 10.2. The molecule has 26 heavy (non-hydrogen) atoms. The van der Waals surface area contributed by atoms with Gasteiger partial charge in [0.15, 0.2) is 10.9 Å². The first-order chi connectivity index (χ1) is 12.6. The highest BCUT2D eigenvalue weighted by atomic mass is 32.1. The summed E-state index contributed by atoms with van der Waals surface area (Å²) >= 11 is 1.29. The molecule has 130 valence electrons. The highest BCUT2D eigenvalue weighted by Crippen LogP contribution is 2.32. The van der Waals surface area contributed by atoms with Gasteiger partial charge < -0.3 is 9.15 Å². The van der Waals surface area contributed by atoms with Crippen molar-refractivity contribution in [2.24, 2.45) is 0 Å². The number of benzene rings is 2. The second kappa shape index (κ2) is 6.61. The lowest BCUT2D eigenvalue weighted by Gasteiger charge is -2.01. The van der Waals surface area contributed by atoms with Crippen LogP contribution in [-0.4, -0.2) is 18.0 Å². The topological polar surface area (TPSA) is 64.4 Å². The minimum Gasteiger partial charge on any atom is -0.497 e. The van der Waals surface area contributed by atoms with Gasteiger partial charge in [-0.05, 0) is 48.5 Å². The normalized spacial score (nSPS) is 10.8. The Balaban J connectivity index is 1.56. The molecule has 0 saturated carbocycles. The molecule has 1 N–H and O–H groups in total. The van der Waals surface area contributed by atoms with Crippen LogP contribution in [0.1, 0.15) is 10.4 Å². The Hall–Kier alpha value is -3.19. The second-order valence-electron chi connectivity index (χ2n) is 5.51. The predicted octanol–water partition coefficient (Wildman–Crippen LogP) is 4.96. The van der Waals surface area contributed by atoms with Crippen LogP contribution in [0.3, 0.4) is 0 Å². The van der Waals surface area contributed by atoms with Crippen LogP contribution in [0.4, 0.5) is 9.52 Å². The van der Waals surface area contributed by atoms with Crippen molar-refractivity contribution < 1.29 is 18.3 Å². The Kier molecular flexibility index (Phi) is 4.14. The zero-order valence-electron chi connectivity index (χ0n) is 13.7. The van der Waals surface area contributed by atoms with E-state index in [0.29, 0.717) is 22.1 Å². The van der Waals surface area contributed by atoms with E-state index in [1.807, 2.05) is 24.3 Å². The predicted molar refractivity (Wildman–Crippen MR) is 98.2 cm³/mol. The summed E-state index contributed by atoms with van der Waals surface area (Å²) in [6.07, 6.45) is 0. The lowest BCUT2D eigenvalue weighted by molar-refractivity contribution is 0.102. The molecule has 4 aromatic rings. The summed E-state index contributed by atoms with van der Waals surface area (Å²) in [6, 6.07) is 12.7. The highest BCUT2D eigenvalue weighted by molar-refractivity contribution is 7.14. The molecule has 0 aliphatic heterocycles. The number of rotatable bonds is 4.